The van der Waals surface area contributed by atoms with Crippen molar-refractivity contribution in [2.75, 3.05) is 23.7 Å². The molecule has 0 aliphatic carbocycles. The number of nitrogen functional groups attached to an aromatic ring is 1. The Morgan fingerprint density at radius 1 is 1.46 bits per heavy atom. The summed E-state index contributed by atoms with van der Waals surface area (Å²) in [5, 5.41) is 22.3. The van der Waals surface area contributed by atoms with E-state index in [0.717, 1.165) is 18.1 Å². The maximum atomic E-state index is 10.6. The second-order valence-corrected chi connectivity index (χ2v) is 7.04. The lowest BCUT2D eigenvalue weighted by Crippen LogP contribution is -2.34. The van der Waals surface area contributed by atoms with E-state index in [1.807, 2.05) is 18.7 Å². The fourth-order valence-electron chi connectivity index (χ4n) is 3.10. The first-order chi connectivity index (χ1) is 13.3. The zero-order chi connectivity index (χ0) is 20.9. The van der Waals surface area contributed by atoms with Crippen LogP contribution in [-0.2, 0) is 4.79 Å². The minimum Gasteiger partial charge on any atom is -0.404 e. The molecule has 0 spiro atoms. The summed E-state index contributed by atoms with van der Waals surface area (Å²) in [6.45, 7) is 6.84. The number of aldehydes is 1. The number of nitrogens with zero attached hydrogens (tertiary/aromatic N) is 4. The molecule has 9 nitrogen and oxygen atoms in total. The number of hydrogen-bond acceptors (Lipinski definition) is 8. The van der Waals surface area contributed by atoms with Crippen molar-refractivity contribution >= 4 is 35.4 Å². The molecule has 2 rings (SSSR count). The molecule has 0 bridgehead atoms. The SMILES string of the molecule is CCN(CCC(C)(O)CCC=O)c1nc2c(/C(C=N)=C/N)cnn2c(N)c1C. The van der Waals surface area contributed by atoms with E-state index in [0.29, 0.717) is 60.8 Å². The third kappa shape index (κ3) is 4.30. The fraction of sp³-hybridized carbons (Fsp3) is 0.474. The van der Waals surface area contributed by atoms with Gasteiger partial charge in [-0.2, -0.15) is 9.61 Å². The van der Waals surface area contributed by atoms with Gasteiger partial charge in [0.25, 0.3) is 0 Å². The third-order valence-corrected chi connectivity index (χ3v) is 4.95. The van der Waals surface area contributed by atoms with Gasteiger partial charge in [-0.15, -0.1) is 0 Å². The van der Waals surface area contributed by atoms with Crippen molar-refractivity contribution in [2.24, 2.45) is 5.73 Å². The highest BCUT2D eigenvalue weighted by atomic mass is 16.3. The number of hydrogen-bond donors (Lipinski definition) is 4. The molecule has 6 N–H and O–H groups in total. The van der Waals surface area contributed by atoms with Gasteiger partial charge in [-0.25, -0.2) is 4.98 Å². The van der Waals surface area contributed by atoms with Crippen LogP contribution in [0.1, 0.15) is 44.2 Å². The lowest BCUT2D eigenvalue weighted by molar-refractivity contribution is -0.109. The van der Waals surface area contributed by atoms with Crippen LogP contribution in [0.4, 0.5) is 11.6 Å². The maximum absolute atomic E-state index is 10.6. The highest BCUT2D eigenvalue weighted by Crippen LogP contribution is 2.28. The van der Waals surface area contributed by atoms with Crippen LogP contribution in [-0.4, -0.2) is 50.9 Å². The number of nitrogens with two attached hydrogens (primary N) is 2. The summed E-state index contributed by atoms with van der Waals surface area (Å²) in [7, 11) is 0. The van der Waals surface area contributed by atoms with Crippen LogP contribution in [0.15, 0.2) is 12.4 Å². The van der Waals surface area contributed by atoms with Crippen LogP contribution in [0.2, 0.25) is 0 Å². The summed E-state index contributed by atoms with van der Waals surface area (Å²) < 4.78 is 1.54. The number of anilines is 2. The molecular weight excluding hydrogens is 358 g/mol. The van der Waals surface area contributed by atoms with Crippen LogP contribution in [0.25, 0.3) is 11.2 Å². The van der Waals surface area contributed by atoms with Crippen LogP contribution in [0.5, 0.6) is 0 Å². The van der Waals surface area contributed by atoms with E-state index in [-0.39, 0.29) is 0 Å². The van der Waals surface area contributed by atoms with Crippen molar-refractivity contribution in [3.8, 4) is 0 Å². The first kappa shape index (κ1) is 21.4. The van der Waals surface area contributed by atoms with Crippen LogP contribution in [0.3, 0.4) is 0 Å². The molecule has 152 valence electrons. The predicted octanol–water partition coefficient (Wildman–Crippen LogP) is 1.52. The van der Waals surface area contributed by atoms with Gasteiger partial charge in [-0.1, -0.05) is 0 Å². The summed E-state index contributed by atoms with van der Waals surface area (Å²) in [5.41, 5.74) is 13.4. The molecular formula is C19H29N7O2. The van der Waals surface area contributed by atoms with Crippen molar-refractivity contribution in [3.05, 3.63) is 23.5 Å². The number of carbonyl (C=O) groups is 1. The minimum absolute atomic E-state index is 0.326. The number of allylic oxidation sites excluding steroid dienone is 1. The lowest BCUT2D eigenvalue weighted by Gasteiger charge is -2.29. The molecule has 1 atom stereocenters. The highest BCUT2D eigenvalue weighted by molar-refractivity contribution is 6.10. The Kier molecular flexibility index (Phi) is 6.74. The molecule has 2 aromatic rings. The Morgan fingerprint density at radius 3 is 2.75 bits per heavy atom. The van der Waals surface area contributed by atoms with Crippen LogP contribution in [0, 0.1) is 12.3 Å². The van der Waals surface area contributed by atoms with E-state index >= 15 is 0 Å². The van der Waals surface area contributed by atoms with Crippen molar-refractivity contribution in [1.29, 1.82) is 5.41 Å². The number of rotatable bonds is 10. The minimum atomic E-state index is -0.935. The zero-order valence-electron chi connectivity index (χ0n) is 16.6. The monoisotopic (exact) mass is 387 g/mol. The Morgan fingerprint density at radius 2 is 2.18 bits per heavy atom. The van der Waals surface area contributed by atoms with Crippen molar-refractivity contribution in [3.63, 3.8) is 0 Å². The summed E-state index contributed by atoms with van der Waals surface area (Å²) >= 11 is 0. The molecule has 2 aromatic heterocycles. The molecule has 0 radical (unpaired) electrons. The summed E-state index contributed by atoms with van der Waals surface area (Å²) in [6.07, 6.45) is 6.12. The molecule has 0 aliphatic rings. The van der Waals surface area contributed by atoms with E-state index in [4.69, 9.17) is 21.9 Å². The first-order valence-corrected chi connectivity index (χ1v) is 9.27. The molecule has 9 heteroatoms. The topological polar surface area (TPSA) is 147 Å². The van der Waals surface area contributed by atoms with Gasteiger partial charge in [0, 0.05) is 48.6 Å². The Hall–Kier alpha value is -2.94. The molecule has 0 amide bonds. The Labute approximate surface area is 164 Å². The van der Waals surface area contributed by atoms with Crippen molar-refractivity contribution in [2.45, 2.75) is 45.6 Å². The Bertz CT molecular complexity index is 886. The van der Waals surface area contributed by atoms with E-state index in [1.54, 1.807) is 13.1 Å². The third-order valence-electron chi connectivity index (χ3n) is 4.95. The quantitative estimate of drug-likeness (QED) is 0.357. The second-order valence-electron chi connectivity index (χ2n) is 7.04. The van der Waals surface area contributed by atoms with Crippen molar-refractivity contribution in [1.82, 2.24) is 14.6 Å². The number of aromatic nitrogens is 3. The van der Waals surface area contributed by atoms with Gasteiger partial charge in [-0.05, 0) is 33.6 Å². The normalized spacial score (nSPS) is 14.1. The number of aliphatic hydroxyl groups is 1. The van der Waals surface area contributed by atoms with E-state index in [1.165, 1.54) is 10.7 Å². The predicted molar refractivity (Wildman–Crippen MR) is 112 cm³/mol. The van der Waals surface area contributed by atoms with Gasteiger partial charge >= 0.3 is 0 Å². The van der Waals surface area contributed by atoms with Crippen LogP contribution < -0.4 is 16.4 Å². The molecule has 0 aromatic carbocycles. The standard InChI is InChI=1S/C19H29N7O2/c1-4-25(8-7-19(3,28)6-5-9-27)17-13(2)16(22)26-18(24-17)15(12-23-26)14(10-20)11-21/h9-12,20,28H,4-8,21-22H2,1-3H3/b14-11+,20-10?. The van der Waals surface area contributed by atoms with Gasteiger partial charge in [0.2, 0.25) is 0 Å². The summed E-state index contributed by atoms with van der Waals surface area (Å²) in [6, 6.07) is 0. The largest absolute Gasteiger partial charge is 0.404 e. The highest BCUT2D eigenvalue weighted by Gasteiger charge is 2.23. The first-order valence-electron chi connectivity index (χ1n) is 9.27. The van der Waals surface area contributed by atoms with Crippen molar-refractivity contribution < 1.29 is 9.90 Å². The fourth-order valence-corrected chi connectivity index (χ4v) is 3.10. The molecule has 0 fully saturated rings. The molecule has 2 heterocycles. The van der Waals surface area contributed by atoms with Gasteiger partial charge in [0.15, 0.2) is 5.65 Å². The number of fused-ring (bicyclic) bond motifs is 1. The Balaban J connectivity index is 2.43. The molecule has 1 unspecified atom stereocenters. The van der Waals surface area contributed by atoms with Gasteiger partial charge in [-0.3, -0.25) is 0 Å². The smallest absolute Gasteiger partial charge is 0.167 e. The van der Waals surface area contributed by atoms with E-state index < -0.39 is 5.60 Å². The molecule has 0 saturated heterocycles. The van der Waals surface area contributed by atoms with Gasteiger partial charge in [0.05, 0.1) is 11.8 Å². The van der Waals surface area contributed by atoms with E-state index in [2.05, 4.69) is 5.10 Å². The summed E-state index contributed by atoms with van der Waals surface area (Å²) in [4.78, 5) is 17.4. The van der Waals surface area contributed by atoms with Crippen LogP contribution >= 0.6 is 0 Å². The maximum Gasteiger partial charge on any atom is 0.167 e. The molecule has 0 saturated carbocycles. The van der Waals surface area contributed by atoms with Gasteiger partial charge < -0.3 is 31.7 Å². The van der Waals surface area contributed by atoms with Gasteiger partial charge in [0.1, 0.15) is 17.9 Å². The zero-order valence-corrected chi connectivity index (χ0v) is 16.6. The van der Waals surface area contributed by atoms with E-state index in [9.17, 15) is 9.90 Å². The lowest BCUT2D eigenvalue weighted by atomic mass is 9.96. The average Bonchev–Trinajstić information content (AvgIpc) is 3.09. The second kappa shape index (κ2) is 8.83. The molecule has 0 aliphatic heterocycles. The average molecular weight is 387 g/mol. The summed E-state index contributed by atoms with van der Waals surface area (Å²) in [5.74, 6) is 1.15. The number of carbonyl (C=O) groups excluding carboxylic acids is 1. The molecule has 28 heavy (non-hydrogen) atoms. The number of nitrogens with one attached hydrogen (secondary N) is 1.